The van der Waals surface area contributed by atoms with E-state index in [2.05, 4.69) is 5.32 Å². The fraction of sp³-hybridized carbons (Fsp3) is 1.00. The van der Waals surface area contributed by atoms with Gasteiger partial charge >= 0.3 is 0 Å². The fourth-order valence-electron chi connectivity index (χ4n) is 1.62. The summed E-state index contributed by atoms with van der Waals surface area (Å²) in [5, 5.41) is 12.6. The summed E-state index contributed by atoms with van der Waals surface area (Å²) in [7, 11) is 0. The molecule has 2 fully saturated rings. The highest BCUT2D eigenvalue weighted by Gasteiger charge is 2.46. The predicted octanol–water partition coefficient (Wildman–Crippen LogP) is -0.0785. The maximum Gasteiger partial charge on any atom is 0.119 e. The van der Waals surface area contributed by atoms with Gasteiger partial charge in [0.15, 0.2) is 0 Å². The zero-order valence-corrected chi connectivity index (χ0v) is 7.19. The number of halogens is 1. The molecule has 2 aliphatic rings. The van der Waals surface area contributed by atoms with E-state index in [9.17, 15) is 5.11 Å². The first-order chi connectivity index (χ1) is 4.83. The molecule has 3 nitrogen and oxygen atoms in total. The van der Waals surface area contributed by atoms with Crippen LogP contribution in [0.3, 0.4) is 0 Å². The van der Waals surface area contributed by atoms with E-state index in [1.54, 1.807) is 0 Å². The molecule has 0 amide bonds. The highest BCUT2D eigenvalue weighted by Crippen LogP contribution is 2.28. The Morgan fingerprint density at radius 2 is 2.18 bits per heavy atom. The standard InChI is InChI=1S/C7H13NO2.ClH/c9-6-2-1-3-10-7(6)4-8-5-7;/h6,8-9H,1-5H2;1H. The van der Waals surface area contributed by atoms with Gasteiger partial charge in [0.2, 0.25) is 0 Å². The van der Waals surface area contributed by atoms with Gasteiger partial charge in [-0.1, -0.05) is 0 Å². The zero-order chi connectivity index (χ0) is 7.03. The zero-order valence-electron chi connectivity index (χ0n) is 6.38. The highest BCUT2D eigenvalue weighted by molar-refractivity contribution is 5.85. The molecule has 0 aromatic heterocycles. The first kappa shape index (κ1) is 9.26. The summed E-state index contributed by atoms with van der Waals surface area (Å²) in [6.07, 6.45) is 1.67. The number of aliphatic hydroxyl groups is 1. The Labute approximate surface area is 72.5 Å². The number of rotatable bonds is 0. The molecule has 11 heavy (non-hydrogen) atoms. The van der Waals surface area contributed by atoms with Crippen molar-refractivity contribution in [3.63, 3.8) is 0 Å². The topological polar surface area (TPSA) is 41.5 Å². The van der Waals surface area contributed by atoms with Gasteiger partial charge in [-0.3, -0.25) is 0 Å². The summed E-state index contributed by atoms with van der Waals surface area (Å²) in [5.74, 6) is 0. The van der Waals surface area contributed by atoms with Crippen molar-refractivity contribution in [1.82, 2.24) is 5.32 Å². The second-order valence-corrected chi connectivity index (χ2v) is 3.17. The Morgan fingerprint density at radius 1 is 1.45 bits per heavy atom. The van der Waals surface area contributed by atoms with E-state index in [-0.39, 0.29) is 24.1 Å². The average molecular weight is 180 g/mol. The largest absolute Gasteiger partial charge is 0.390 e. The first-order valence-corrected chi connectivity index (χ1v) is 3.86. The summed E-state index contributed by atoms with van der Waals surface area (Å²) in [6.45, 7) is 2.47. The van der Waals surface area contributed by atoms with Gasteiger partial charge in [0.05, 0.1) is 6.10 Å². The van der Waals surface area contributed by atoms with E-state index in [1.165, 1.54) is 0 Å². The summed E-state index contributed by atoms with van der Waals surface area (Å²) < 4.78 is 5.50. The van der Waals surface area contributed by atoms with Gasteiger partial charge in [0.1, 0.15) is 5.60 Å². The van der Waals surface area contributed by atoms with Crippen molar-refractivity contribution < 1.29 is 9.84 Å². The molecule has 1 spiro atoms. The van der Waals surface area contributed by atoms with E-state index in [0.29, 0.717) is 0 Å². The number of aliphatic hydroxyl groups excluding tert-OH is 1. The van der Waals surface area contributed by atoms with Gasteiger partial charge in [0, 0.05) is 19.7 Å². The van der Waals surface area contributed by atoms with Crippen molar-refractivity contribution in [1.29, 1.82) is 0 Å². The summed E-state index contributed by atoms with van der Waals surface area (Å²) in [6, 6.07) is 0. The Hall–Kier alpha value is 0.170. The normalized spacial score (nSPS) is 34.1. The quantitative estimate of drug-likeness (QED) is 0.547. The molecule has 0 saturated carbocycles. The van der Waals surface area contributed by atoms with E-state index >= 15 is 0 Å². The van der Waals surface area contributed by atoms with Crippen LogP contribution in [0.2, 0.25) is 0 Å². The summed E-state index contributed by atoms with van der Waals surface area (Å²) in [4.78, 5) is 0. The molecule has 4 heteroatoms. The molecular formula is C7H14ClNO2. The summed E-state index contributed by atoms with van der Waals surface area (Å²) in [5.41, 5.74) is -0.196. The van der Waals surface area contributed by atoms with Gasteiger partial charge in [0.25, 0.3) is 0 Å². The Morgan fingerprint density at radius 3 is 2.55 bits per heavy atom. The molecule has 0 aromatic rings. The minimum atomic E-state index is -0.234. The molecule has 2 heterocycles. The van der Waals surface area contributed by atoms with E-state index in [4.69, 9.17) is 4.74 Å². The first-order valence-electron chi connectivity index (χ1n) is 3.86. The highest BCUT2D eigenvalue weighted by atomic mass is 35.5. The van der Waals surface area contributed by atoms with Crippen LogP contribution in [-0.4, -0.2) is 36.5 Å². The van der Waals surface area contributed by atoms with Gasteiger partial charge in [-0.2, -0.15) is 0 Å². The van der Waals surface area contributed by atoms with Gasteiger partial charge in [-0.25, -0.2) is 0 Å². The number of hydrogen-bond donors (Lipinski definition) is 2. The van der Waals surface area contributed by atoms with Crippen molar-refractivity contribution in [3.8, 4) is 0 Å². The fourth-order valence-corrected chi connectivity index (χ4v) is 1.62. The van der Waals surface area contributed by atoms with Crippen LogP contribution in [0.5, 0.6) is 0 Å². The minimum Gasteiger partial charge on any atom is -0.390 e. The Balaban J connectivity index is 0.000000605. The predicted molar refractivity (Wildman–Crippen MR) is 44.0 cm³/mol. The molecular weight excluding hydrogens is 166 g/mol. The van der Waals surface area contributed by atoms with Crippen LogP contribution in [-0.2, 0) is 4.74 Å². The Kier molecular flexibility index (Phi) is 2.75. The molecule has 2 N–H and O–H groups in total. The maximum atomic E-state index is 9.51. The van der Waals surface area contributed by atoms with Crippen molar-refractivity contribution in [2.24, 2.45) is 0 Å². The van der Waals surface area contributed by atoms with Crippen LogP contribution >= 0.6 is 12.4 Å². The molecule has 0 radical (unpaired) electrons. The SMILES string of the molecule is Cl.OC1CCCOC12CNC2. The lowest BCUT2D eigenvalue weighted by Gasteiger charge is -2.48. The van der Waals surface area contributed by atoms with Gasteiger partial charge < -0.3 is 15.2 Å². The van der Waals surface area contributed by atoms with Crippen LogP contribution < -0.4 is 5.32 Å². The molecule has 1 unspecified atom stereocenters. The third-order valence-corrected chi connectivity index (χ3v) is 2.47. The molecule has 0 aliphatic carbocycles. The lowest BCUT2D eigenvalue weighted by atomic mass is 9.85. The lowest BCUT2D eigenvalue weighted by molar-refractivity contribution is -0.177. The van der Waals surface area contributed by atoms with Crippen molar-refractivity contribution in [2.75, 3.05) is 19.7 Å². The minimum absolute atomic E-state index is 0. The molecule has 2 aliphatic heterocycles. The van der Waals surface area contributed by atoms with Crippen LogP contribution in [0.25, 0.3) is 0 Å². The van der Waals surface area contributed by atoms with Gasteiger partial charge in [-0.05, 0) is 12.8 Å². The maximum absolute atomic E-state index is 9.51. The second-order valence-electron chi connectivity index (χ2n) is 3.17. The number of hydrogen-bond acceptors (Lipinski definition) is 3. The van der Waals surface area contributed by atoms with Gasteiger partial charge in [-0.15, -0.1) is 12.4 Å². The molecule has 0 aromatic carbocycles. The molecule has 2 saturated heterocycles. The van der Waals surface area contributed by atoms with Crippen molar-refractivity contribution in [3.05, 3.63) is 0 Å². The third kappa shape index (κ3) is 1.38. The third-order valence-electron chi connectivity index (χ3n) is 2.47. The van der Waals surface area contributed by atoms with Crippen LogP contribution in [0.4, 0.5) is 0 Å². The summed E-state index contributed by atoms with van der Waals surface area (Å²) >= 11 is 0. The number of ether oxygens (including phenoxy) is 1. The average Bonchev–Trinajstić information content (AvgIpc) is 1.85. The number of nitrogens with one attached hydrogen (secondary N) is 1. The van der Waals surface area contributed by atoms with E-state index in [0.717, 1.165) is 32.5 Å². The molecule has 1 atom stereocenters. The Bertz CT molecular complexity index is 138. The van der Waals surface area contributed by atoms with Crippen molar-refractivity contribution in [2.45, 2.75) is 24.5 Å². The van der Waals surface area contributed by atoms with E-state index < -0.39 is 0 Å². The van der Waals surface area contributed by atoms with Crippen LogP contribution in [0.1, 0.15) is 12.8 Å². The van der Waals surface area contributed by atoms with Crippen molar-refractivity contribution >= 4 is 12.4 Å². The van der Waals surface area contributed by atoms with Crippen LogP contribution in [0.15, 0.2) is 0 Å². The molecule has 66 valence electrons. The second kappa shape index (κ2) is 3.27. The molecule has 2 rings (SSSR count). The van der Waals surface area contributed by atoms with E-state index in [1.807, 2.05) is 0 Å². The smallest absolute Gasteiger partial charge is 0.119 e. The lowest BCUT2D eigenvalue weighted by Crippen LogP contribution is -2.68. The van der Waals surface area contributed by atoms with Crippen LogP contribution in [0, 0.1) is 0 Å². The molecule has 0 bridgehead atoms. The monoisotopic (exact) mass is 179 g/mol.